The van der Waals surface area contributed by atoms with Crippen molar-refractivity contribution < 1.29 is 33.3 Å². The zero-order valence-corrected chi connectivity index (χ0v) is 17.3. The van der Waals surface area contributed by atoms with E-state index in [-0.39, 0.29) is 17.2 Å². The lowest BCUT2D eigenvalue weighted by Gasteiger charge is -2.24. The van der Waals surface area contributed by atoms with Gasteiger partial charge in [0.25, 0.3) is 0 Å². The molecule has 0 spiro atoms. The van der Waals surface area contributed by atoms with Gasteiger partial charge in [0.15, 0.2) is 40.2 Å². The molecule has 156 valence electrons. The van der Waals surface area contributed by atoms with Crippen LogP contribution in [0.5, 0.6) is 0 Å². The van der Waals surface area contributed by atoms with Crippen molar-refractivity contribution in [3.05, 3.63) is 11.1 Å². The van der Waals surface area contributed by atoms with E-state index in [0.717, 1.165) is 0 Å². The number of anilines is 1. The number of rotatable bonds is 5. The Balaban J connectivity index is 2.07. The summed E-state index contributed by atoms with van der Waals surface area (Å²) in [6, 6.07) is 0. The van der Waals surface area contributed by atoms with E-state index in [2.05, 4.69) is 30.9 Å². The van der Waals surface area contributed by atoms with Crippen molar-refractivity contribution in [1.82, 2.24) is 19.5 Å². The Morgan fingerprint density at radius 3 is 2.41 bits per heavy atom. The predicted molar refractivity (Wildman–Crippen MR) is 99.1 cm³/mol. The summed E-state index contributed by atoms with van der Waals surface area (Å²) in [5, 5.41) is 0. The summed E-state index contributed by atoms with van der Waals surface area (Å²) in [5.74, 6) is -1.64. The number of halogens is 1. The SMILES string of the molecule is CC(=O)OC[C@@H]1O[C@H](n2c(Br)nc3c(N)ncnc32)[C@H](OC(C)=O)[C@@H]1OC(C)=O. The van der Waals surface area contributed by atoms with Gasteiger partial charge in [-0.15, -0.1) is 0 Å². The number of esters is 3. The van der Waals surface area contributed by atoms with E-state index in [0.29, 0.717) is 11.2 Å². The molecule has 13 heteroatoms. The van der Waals surface area contributed by atoms with Gasteiger partial charge in [0, 0.05) is 20.8 Å². The number of carbonyl (C=O) groups is 3. The maximum absolute atomic E-state index is 11.7. The van der Waals surface area contributed by atoms with Crippen LogP contribution in [0.4, 0.5) is 5.82 Å². The van der Waals surface area contributed by atoms with Crippen molar-refractivity contribution in [2.45, 2.75) is 45.3 Å². The van der Waals surface area contributed by atoms with E-state index in [1.807, 2.05) is 0 Å². The highest BCUT2D eigenvalue weighted by atomic mass is 79.9. The van der Waals surface area contributed by atoms with Crippen LogP contribution < -0.4 is 5.73 Å². The minimum absolute atomic E-state index is 0.143. The summed E-state index contributed by atoms with van der Waals surface area (Å²) in [6.07, 6.45) is -2.76. The molecule has 1 aliphatic rings. The van der Waals surface area contributed by atoms with E-state index in [9.17, 15) is 14.4 Å². The minimum Gasteiger partial charge on any atom is -0.463 e. The third-order valence-electron chi connectivity index (χ3n) is 4.06. The number of carbonyl (C=O) groups excluding carboxylic acids is 3. The van der Waals surface area contributed by atoms with Crippen molar-refractivity contribution in [2.75, 3.05) is 12.3 Å². The number of ether oxygens (including phenoxy) is 4. The first-order chi connectivity index (χ1) is 13.7. The molecule has 0 aliphatic carbocycles. The van der Waals surface area contributed by atoms with Gasteiger partial charge in [-0.1, -0.05) is 0 Å². The van der Waals surface area contributed by atoms with Crippen LogP contribution in [-0.4, -0.2) is 62.3 Å². The molecule has 0 aromatic carbocycles. The van der Waals surface area contributed by atoms with Crippen molar-refractivity contribution in [3.63, 3.8) is 0 Å². The Morgan fingerprint density at radius 2 is 1.79 bits per heavy atom. The smallest absolute Gasteiger partial charge is 0.303 e. The van der Waals surface area contributed by atoms with Gasteiger partial charge in [-0.25, -0.2) is 15.0 Å². The molecule has 1 saturated heterocycles. The minimum atomic E-state index is -1.07. The third-order valence-corrected chi connectivity index (χ3v) is 4.62. The van der Waals surface area contributed by atoms with Gasteiger partial charge in [-0.05, 0) is 15.9 Å². The van der Waals surface area contributed by atoms with Crippen molar-refractivity contribution >= 4 is 50.8 Å². The molecule has 4 atom stereocenters. The van der Waals surface area contributed by atoms with Crippen LogP contribution in [0.2, 0.25) is 0 Å². The first kappa shape index (κ1) is 20.9. The monoisotopic (exact) mass is 471 g/mol. The Labute approximate surface area is 172 Å². The van der Waals surface area contributed by atoms with Crippen molar-refractivity contribution in [2.24, 2.45) is 0 Å². The van der Waals surface area contributed by atoms with Crippen LogP contribution >= 0.6 is 15.9 Å². The average Bonchev–Trinajstić information content (AvgIpc) is 3.11. The molecule has 0 radical (unpaired) electrons. The van der Waals surface area contributed by atoms with Crippen LogP contribution in [0.15, 0.2) is 11.1 Å². The Bertz CT molecular complexity index is 965. The summed E-state index contributed by atoms with van der Waals surface area (Å²) >= 11 is 3.32. The molecule has 0 unspecified atom stereocenters. The Morgan fingerprint density at radius 1 is 1.14 bits per heavy atom. The first-order valence-corrected chi connectivity index (χ1v) is 9.25. The highest BCUT2D eigenvalue weighted by molar-refractivity contribution is 9.10. The van der Waals surface area contributed by atoms with E-state index >= 15 is 0 Å². The first-order valence-electron chi connectivity index (χ1n) is 8.46. The Kier molecular flexibility index (Phi) is 5.98. The summed E-state index contributed by atoms with van der Waals surface area (Å²) < 4.78 is 23.5. The molecule has 1 aliphatic heterocycles. The molecule has 29 heavy (non-hydrogen) atoms. The van der Waals surface area contributed by atoms with E-state index < -0.39 is 42.4 Å². The van der Waals surface area contributed by atoms with E-state index in [4.69, 9.17) is 24.7 Å². The lowest BCUT2D eigenvalue weighted by atomic mass is 10.1. The highest BCUT2D eigenvalue weighted by Gasteiger charge is 2.51. The number of imidazole rings is 1. The van der Waals surface area contributed by atoms with Gasteiger partial charge < -0.3 is 24.7 Å². The number of hydrogen-bond donors (Lipinski definition) is 1. The van der Waals surface area contributed by atoms with Gasteiger partial charge >= 0.3 is 17.9 Å². The lowest BCUT2D eigenvalue weighted by molar-refractivity contribution is -0.166. The number of nitrogens with two attached hydrogens (primary N) is 1. The second-order valence-electron chi connectivity index (χ2n) is 6.20. The second-order valence-corrected chi connectivity index (χ2v) is 6.91. The fourth-order valence-electron chi connectivity index (χ4n) is 3.03. The molecule has 2 aromatic rings. The van der Waals surface area contributed by atoms with Crippen LogP contribution in [0.25, 0.3) is 11.2 Å². The maximum atomic E-state index is 11.7. The normalized spacial score (nSPS) is 23.7. The number of nitrogens with zero attached hydrogens (tertiary/aromatic N) is 4. The molecule has 2 N–H and O–H groups in total. The van der Waals surface area contributed by atoms with Crippen LogP contribution in [0.1, 0.15) is 27.0 Å². The molecule has 1 fully saturated rings. The largest absolute Gasteiger partial charge is 0.463 e. The van der Waals surface area contributed by atoms with Gasteiger partial charge in [0.1, 0.15) is 19.0 Å². The Hall–Kier alpha value is -2.80. The van der Waals surface area contributed by atoms with E-state index in [1.54, 1.807) is 0 Å². The summed E-state index contributed by atoms with van der Waals surface area (Å²) in [4.78, 5) is 47.0. The average molecular weight is 472 g/mol. The fraction of sp³-hybridized carbons (Fsp3) is 0.500. The van der Waals surface area contributed by atoms with Crippen LogP contribution in [-0.2, 0) is 33.3 Å². The number of nitrogen functional groups attached to an aromatic ring is 1. The topological polar surface area (TPSA) is 158 Å². The summed E-state index contributed by atoms with van der Waals surface area (Å²) in [5.41, 5.74) is 6.46. The zero-order chi connectivity index (χ0) is 21.3. The van der Waals surface area contributed by atoms with Gasteiger partial charge in [0.05, 0.1) is 0 Å². The third kappa shape index (κ3) is 4.29. The molecule has 2 aromatic heterocycles. The molecular weight excluding hydrogens is 454 g/mol. The van der Waals surface area contributed by atoms with Crippen LogP contribution in [0.3, 0.4) is 0 Å². The molecule has 0 bridgehead atoms. The molecule has 0 saturated carbocycles. The number of aromatic nitrogens is 4. The van der Waals surface area contributed by atoms with Crippen LogP contribution in [0, 0.1) is 0 Å². The van der Waals surface area contributed by atoms with Crippen molar-refractivity contribution in [1.29, 1.82) is 0 Å². The zero-order valence-electron chi connectivity index (χ0n) is 15.7. The van der Waals surface area contributed by atoms with Gasteiger partial charge in [0.2, 0.25) is 0 Å². The number of fused-ring (bicyclic) bond motifs is 1. The maximum Gasteiger partial charge on any atom is 0.303 e. The molecule has 0 amide bonds. The molecule has 3 rings (SSSR count). The molecule has 12 nitrogen and oxygen atoms in total. The predicted octanol–water partition coefficient (Wildman–Crippen LogP) is 0.495. The quantitative estimate of drug-likeness (QED) is 0.367. The fourth-order valence-corrected chi connectivity index (χ4v) is 3.57. The number of hydrogen-bond acceptors (Lipinski definition) is 11. The standard InChI is InChI=1S/C16H18BrN5O7/c1-6(23)26-4-9-11(27-7(2)24)12(28-8(3)25)15(29-9)22-14-10(21-16(22)17)13(18)19-5-20-14/h5,9,11-12,15H,4H2,1-3H3,(H2,18,19,20)/t9-,11+,12+,15-/m0/s1. The summed E-state index contributed by atoms with van der Waals surface area (Å²) in [7, 11) is 0. The second kappa shape index (κ2) is 8.29. The van der Waals surface area contributed by atoms with E-state index in [1.165, 1.54) is 31.7 Å². The lowest BCUT2D eigenvalue weighted by Crippen LogP contribution is -2.40. The van der Waals surface area contributed by atoms with Gasteiger partial charge in [-0.2, -0.15) is 0 Å². The summed E-state index contributed by atoms with van der Waals surface area (Å²) in [6.45, 7) is 3.43. The van der Waals surface area contributed by atoms with Crippen molar-refractivity contribution in [3.8, 4) is 0 Å². The highest BCUT2D eigenvalue weighted by Crippen LogP contribution is 2.38. The molecular formula is C16H18BrN5O7. The molecule has 3 heterocycles. The van der Waals surface area contributed by atoms with Gasteiger partial charge in [-0.3, -0.25) is 19.0 Å².